The van der Waals surface area contributed by atoms with Crippen molar-refractivity contribution in [3.8, 4) is 0 Å². The number of rotatable bonds is 2. The molecule has 2 N–H and O–H groups in total. The highest BCUT2D eigenvalue weighted by atomic mass is 79.9. The summed E-state index contributed by atoms with van der Waals surface area (Å²) in [5, 5.41) is 0. The van der Waals surface area contributed by atoms with E-state index >= 15 is 0 Å². The van der Waals surface area contributed by atoms with Crippen LogP contribution in [0.2, 0.25) is 0 Å². The fourth-order valence-corrected chi connectivity index (χ4v) is 3.68. The molecule has 0 radical (unpaired) electrons. The Balaban J connectivity index is 1.69. The molecule has 2 fully saturated rings. The van der Waals surface area contributed by atoms with Gasteiger partial charge in [0.15, 0.2) is 0 Å². The van der Waals surface area contributed by atoms with Crippen molar-refractivity contribution >= 4 is 27.3 Å². The molecule has 2 saturated heterocycles. The number of benzene rings is 1. The van der Waals surface area contributed by atoms with Crippen LogP contribution in [0.3, 0.4) is 0 Å². The molecular formula is C15H22BrN3. The number of nitrogen functional groups attached to an aromatic ring is 1. The van der Waals surface area contributed by atoms with Crippen LogP contribution in [0.5, 0.6) is 0 Å². The summed E-state index contributed by atoms with van der Waals surface area (Å²) in [6, 6.07) is 6.87. The number of nitrogens with zero attached hydrogens (tertiary/aromatic N) is 2. The molecule has 1 atom stereocenters. The smallest absolute Gasteiger partial charge is 0.0611 e. The van der Waals surface area contributed by atoms with Crippen molar-refractivity contribution in [2.75, 3.05) is 36.8 Å². The Kier molecular flexibility index (Phi) is 3.99. The minimum atomic E-state index is 0.721. The molecule has 0 aromatic heterocycles. The standard InChI is InChI=1S/C15H22BrN3/c16-12-4-5-14(17)15(10-12)19-9-6-13(11-19)18-7-2-1-3-8-18/h4-5,10,13H,1-3,6-9,11,17H2. The van der Waals surface area contributed by atoms with E-state index < -0.39 is 0 Å². The molecule has 0 spiro atoms. The number of anilines is 2. The van der Waals surface area contributed by atoms with Gasteiger partial charge in [0.05, 0.1) is 11.4 Å². The van der Waals surface area contributed by atoms with Gasteiger partial charge in [0.2, 0.25) is 0 Å². The first-order valence-electron chi connectivity index (χ1n) is 7.28. The molecule has 2 heterocycles. The lowest BCUT2D eigenvalue weighted by atomic mass is 10.1. The van der Waals surface area contributed by atoms with Gasteiger partial charge >= 0.3 is 0 Å². The van der Waals surface area contributed by atoms with E-state index in [1.807, 2.05) is 12.1 Å². The van der Waals surface area contributed by atoms with Crippen LogP contribution in [0, 0.1) is 0 Å². The highest BCUT2D eigenvalue weighted by molar-refractivity contribution is 9.10. The predicted molar refractivity (Wildman–Crippen MR) is 84.6 cm³/mol. The number of piperidine rings is 1. The third-order valence-corrected chi connectivity index (χ3v) is 4.90. The minimum Gasteiger partial charge on any atom is -0.397 e. The lowest BCUT2D eigenvalue weighted by Gasteiger charge is -2.32. The second-order valence-corrected chi connectivity index (χ2v) is 6.60. The molecule has 104 valence electrons. The first-order chi connectivity index (χ1) is 9.24. The highest BCUT2D eigenvalue weighted by Crippen LogP contribution is 2.31. The zero-order valence-corrected chi connectivity index (χ0v) is 12.9. The fourth-order valence-electron chi connectivity index (χ4n) is 3.33. The van der Waals surface area contributed by atoms with Crippen LogP contribution in [-0.2, 0) is 0 Å². The fraction of sp³-hybridized carbons (Fsp3) is 0.600. The van der Waals surface area contributed by atoms with Crippen molar-refractivity contribution in [1.29, 1.82) is 0 Å². The van der Waals surface area contributed by atoms with Crippen molar-refractivity contribution < 1.29 is 0 Å². The SMILES string of the molecule is Nc1ccc(Br)cc1N1CCC(N2CCCCC2)C1. The van der Waals surface area contributed by atoms with Gasteiger partial charge in [-0.2, -0.15) is 0 Å². The molecule has 0 bridgehead atoms. The van der Waals surface area contributed by atoms with Gasteiger partial charge in [0.25, 0.3) is 0 Å². The molecule has 2 aliphatic rings. The molecule has 0 saturated carbocycles. The maximum atomic E-state index is 6.12. The van der Waals surface area contributed by atoms with Gasteiger partial charge in [-0.05, 0) is 50.6 Å². The zero-order valence-electron chi connectivity index (χ0n) is 11.3. The number of likely N-dealkylation sites (tertiary alicyclic amines) is 1. The zero-order chi connectivity index (χ0) is 13.2. The lowest BCUT2D eigenvalue weighted by Crippen LogP contribution is -2.40. The second kappa shape index (κ2) is 5.71. The van der Waals surface area contributed by atoms with E-state index in [-0.39, 0.29) is 0 Å². The molecule has 3 rings (SSSR count). The quantitative estimate of drug-likeness (QED) is 0.849. The summed E-state index contributed by atoms with van der Waals surface area (Å²) in [6.45, 7) is 4.82. The van der Waals surface area contributed by atoms with E-state index in [4.69, 9.17) is 5.73 Å². The predicted octanol–water partition coefficient (Wildman–Crippen LogP) is 3.10. The van der Waals surface area contributed by atoms with Crippen molar-refractivity contribution in [3.05, 3.63) is 22.7 Å². The average Bonchev–Trinajstić information content (AvgIpc) is 2.92. The maximum absolute atomic E-state index is 6.12. The molecule has 3 nitrogen and oxygen atoms in total. The Morgan fingerprint density at radius 2 is 1.89 bits per heavy atom. The van der Waals surface area contributed by atoms with E-state index in [1.54, 1.807) is 0 Å². The Morgan fingerprint density at radius 3 is 2.68 bits per heavy atom. The van der Waals surface area contributed by atoms with Gasteiger partial charge in [0.1, 0.15) is 0 Å². The van der Waals surface area contributed by atoms with Crippen LogP contribution in [0.15, 0.2) is 22.7 Å². The summed E-state index contributed by atoms with van der Waals surface area (Å²) in [4.78, 5) is 5.12. The van der Waals surface area contributed by atoms with Gasteiger partial charge in [-0.1, -0.05) is 22.4 Å². The van der Waals surface area contributed by atoms with Crippen LogP contribution < -0.4 is 10.6 Å². The van der Waals surface area contributed by atoms with E-state index in [2.05, 4.69) is 31.8 Å². The van der Waals surface area contributed by atoms with Gasteiger partial charge in [-0.25, -0.2) is 0 Å². The number of nitrogens with two attached hydrogens (primary N) is 1. The first kappa shape index (κ1) is 13.3. The molecule has 4 heteroatoms. The minimum absolute atomic E-state index is 0.721. The highest BCUT2D eigenvalue weighted by Gasteiger charge is 2.29. The molecule has 19 heavy (non-hydrogen) atoms. The summed E-state index contributed by atoms with van der Waals surface area (Å²) < 4.78 is 1.11. The summed E-state index contributed by atoms with van der Waals surface area (Å²) in [7, 11) is 0. The number of halogens is 1. The van der Waals surface area contributed by atoms with E-state index in [0.717, 1.165) is 29.3 Å². The summed E-state index contributed by atoms with van der Waals surface area (Å²) in [5.74, 6) is 0. The Bertz CT molecular complexity index is 443. The average molecular weight is 324 g/mol. The maximum Gasteiger partial charge on any atom is 0.0611 e. The number of hydrogen-bond acceptors (Lipinski definition) is 3. The van der Waals surface area contributed by atoms with Crippen molar-refractivity contribution in [2.45, 2.75) is 31.7 Å². The normalized spacial score (nSPS) is 24.9. The van der Waals surface area contributed by atoms with Crippen LogP contribution in [0.1, 0.15) is 25.7 Å². The van der Waals surface area contributed by atoms with Crippen molar-refractivity contribution in [3.63, 3.8) is 0 Å². The molecule has 1 unspecified atom stereocenters. The van der Waals surface area contributed by atoms with Gasteiger partial charge in [0, 0.05) is 23.6 Å². The van der Waals surface area contributed by atoms with Crippen LogP contribution in [0.25, 0.3) is 0 Å². The van der Waals surface area contributed by atoms with Gasteiger partial charge in [-0.15, -0.1) is 0 Å². The Labute approximate surface area is 123 Å². The van der Waals surface area contributed by atoms with E-state index in [1.165, 1.54) is 44.5 Å². The topological polar surface area (TPSA) is 32.5 Å². The molecular weight excluding hydrogens is 302 g/mol. The lowest BCUT2D eigenvalue weighted by molar-refractivity contribution is 0.175. The Hall–Kier alpha value is -0.740. The molecule has 0 aliphatic carbocycles. The third-order valence-electron chi connectivity index (χ3n) is 4.40. The van der Waals surface area contributed by atoms with Gasteiger partial charge in [-0.3, -0.25) is 4.90 Å². The summed E-state index contributed by atoms with van der Waals surface area (Å²) in [6.07, 6.45) is 5.42. The largest absolute Gasteiger partial charge is 0.397 e. The number of hydrogen-bond donors (Lipinski definition) is 1. The molecule has 1 aromatic rings. The summed E-state index contributed by atoms with van der Waals surface area (Å²) >= 11 is 3.54. The van der Waals surface area contributed by atoms with Gasteiger partial charge < -0.3 is 10.6 Å². The van der Waals surface area contributed by atoms with E-state index in [0.29, 0.717) is 0 Å². The van der Waals surface area contributed by atoms with Crippen LogP contribution >= 0.6 is 15.9 Å². The van der Waals surface area contributed by atoms with Crippen LogP contribution in [-0.4, -0.2) is 37.1 Å². The molecule has 2 aliphatic heterocycles. The monoisotopic (exact) mass is 323 g/mol. The molecule has 1 aromatic carbocycles. The Morgan fingerprint density at radius 1 is 1.11 bits per heavy atom. The first-order valence-corrected chi connectivity index (χ1v) is 8.07. The second-order valence-electron chi connectivity index (χ2n) is 5.69. The summed E-state index contributed by atoms with van der Waals surface area (Å²) in [5.41, 5.74) is 8.20. The van der Waals surface area contributed by atoms with Crippen molar-refractivity contribution in [1.82, 2.24) is 4.90 Å². The van der Waals surface area contributed by atoms with E-state index in [9.17, 15) is 0 Å². The van der Waals surface area contributed by atoms with Crippen molar-refractivity contribution in [2.24, 2.45) is 0 Å². The third kappa shape index (κ3) is 2.90. The molecule has 0 amide bonds. The van der Waals surface area contributed by atoms with Crippen LogP contribution in [0.4, 0.5) is 11.4 Å².